The SMILES string of the molecule is C#C/C=C(\C)C(CC(OCC)OCC)OCC. The second-order valence-electron chi connectivity index (χ2n) is 3.57. The average molecular weight is 240 g/mol. The summed E-state index contributed by atoms with van der Waals surface area (Å²) >= 11 is 0. The summed E-state index contributed by atoms with van der Waals surface area (Å²) in [6, 6.07) is 0. The number of rotatable bonds is 9. The third kappa shape index (κ3) is 7.17. The first kappa shape index (κ1) is 16.2. The molecule has 1 atom stereocenters. The van der Waals surface area contributed by atoms with Gasteiger partial charge in [0.1, 0.15) is 0 Å². The molecule has 0 radical (unpaired) electrons. The van der Waals surface area contributed by atoms with Crippen LogP contribution >= 0.6 is 0 Å². The molecule has 1 unspecified atom stereocenters. The van der Waals surface area contributed by atoms with Crippen LogP contribution in [0, 0.1) is 12.3 Å². The molecule has 0 amide bonds. The molecule has 0 aliphatic rings. The van der Waals surface area contributed by atoms with Crippen molar-refractivity contribution in [3.05, 3.63) is 11.6 Å². The van der Waals surface area contributed by atoms with Crippen LogP contribution < -0.4 is 0 Å². The first-order valence-electron chi connectivity index (χ1n) is 6.17. The van der Waals surface area contributed by atoms with Crippen LogP contribution in [-0.2, 0) is 14.2 Å². The van der Waals surface area contributed by atoms with Crippen molar-refractivity contribution < 1.29 is 14.2 Å². The molecule has 0 rings (SSSR count). The van der Waals surface area contributed by atoms with Gasteiger partial charge < -0.3 is 14.2 Å². The fourth-order valence-corrected chi connectivity index (χ4v) is 1.54. The lowest BCUT2D eigenvalue weighted by Crippen LogP contribution is -2.26. The third-order valence-corrected chi connectivity index (χ3v) is 2.30. The molecule has 0 aromatic heterocycles. The monoisotopic (exact) mass is 240 g/mol. The van der Waals surface area contributed by atoms with E-state index in [1.54, 1.807) is 6.08 Å². The number of hydrogen-bond donors (Lipinski definition) is 0. The predicted octanol–water partition coefficient (Wildman–Crippen LogP) is 2.76. The van der Waals surface area contributed by atoms with Crippen molar-refractivity contribution in [1.82, 2.24) is 0 Å². The summed E-state index contributed by atoms with van der Waals surface area (Å²) in [6.07, 6.45) is 7.39. The zero-order chi connectivity index (χ0) is 13.1. The molecular weight excluding hydrogens is 216 g/mol. The van der Waals surface area contributed by atoms with E-state index in [-0.39, 0.29) is 12.4 Å². The molecule has 0 heterocycles. The van der Waals surface area contributed by atoms with Gasteiger partial charge in [0.25, 0.3) is 0 Å². The molecule has 0 aromatic rings. The highest BCUT2D eigenvalue weighted by molar-refractivity contribution is 5.19. The fourth-order valence-electron chi connectivity index (χ4n) is 1.54. The van der Waals surface area contributed by atoms with E-state index in [9.17, 15) is 0 Å². The van der Waals surface area contributed by atoms with Gasteiger partial charge in [-0.1, -0.05) is 5.92 Å². The van der Waals surface area contributed by atoms with Crippen LogP contribution in [0.4, 0.5) is 0 Å². The maximum Gasteiger partial charge on any atom is 0.160 e. The Morgan fingerprint density at radius 1 is 1.12 bits per heavy atom. The molecule has 0 N–H and O–H groups in total. The summed E-state index contributed by atoms with van der Waals surface area (Å²) in [6.45, 7) is 9.73. The molecule has 3 nitrogen and oxygen atoms in total. The quantitative estimate of drug-likeness (QED) is 0.458. The van der Waals surface area contributed by atoms with E-state index in [0.29, 0.717) is 26.2 Å². The maximum atomic E-state index is 5.66. The Balaban J connectivity index is 4.48. The van der Waals surface area contributed by atoms with Crippen molar-refractivity contribution in [2.75, 3.05) is 19.8 Å². The first-order valence-corrected chi connectivity index (χ1v) is 6.17. The van der Waals surface area contributed by atoms with Gasteiger partial charge in [0, 0.05) is 26.2 Å². The highest BCUT2D eigenvalue weighted by atomic mass is 16.7. The molecule has 0 bridgehead atoms. The van der Waals surface area contributed by atoms with Gasteiger partial charge in [-0.15, -0.1) is 6.42 Å². The van der Waals surface area contributed by atoms with Gasteiger partial charge in [-0.3, -0.25) is 0 Å². The van der Waals surface area contributed by atoms with E-state index in [1.165, 1.54) is 0 Å². The van der Waals surface area contributed by atoms with E-state index in [4.69, 9.17) is 20.6 Å². The summed E-state index contributed by atoms with van der Waals surface area (Å²) in [7, 11) is 0. The minimum atomic E-state index is -0.234. The summed E-state index contributed by atoms with van der Waals surface area (Å²) in [5.41, 5.74) is 1.03. The highest BCUT2D eigenvalue weighted by Crippen LogP contribution is 2.15. The second kappa shape index (κ2) is 10.3. The number of terminal acetylenes is 1. The Morgan fingerprint density at radius 3 is 2.06 bits per heavy atom. The zero-order valence-electron chi connectivity index (χ0n) is 11.4. The van der Waals surface area contributed by atoms with Crippen molar-refractivity contribution >= 4 is 0 Å². The van der Waals surface area contributed by atoms with Crippen molar-refractivity contribution in [1.29, 1.82) is 0 Å². The molecule has 3 heteroatoms. The van der Waals surface area contributed by atoms with Gasteiger partial charge in [-0.05, 0) is 39.3 Å². The average Bonchev–Trinajstić information content (AvgIpc) is 2.29. The van der Waals surface area contributed by atoms with E-state index in [1.807, 2.05) is 27.7 Å². The van der Waals surface area contributed by atoms with Crippen molar-refractivity contribution in [2.45, 2.75) is 46.5 Å². The number of hydrogen-bond acceptors (Lipinski definition) is 3. The van der Waals surface area contributed by atoms with Crippen molar-refractivity contribution in [3.8, 4) is 12.3 Å². The van der Waals surface area contributed by atoms with Crippen LogP contribution in [0.1, 0.15) is 34.1 Å². The molecule has 0 aromatic carbocycles. The Kier molecular flexibility index (Phi) is 9.84. The lowest BCUT2D eigenvalue weighted by molar-refractivity contribution is -0.153. The summed E-state index contributed by atoms with van der Waals surface area (Å²) in [5.74, 6) is 2.52. The summed E-state index contributed by atoms with van der Waals surface area (Å²) < 4.78 is 16.7. The Labute approximate surface area is 105 Å². The molecule has 0 aliphatic heterocycles. The van der Waals surface area contributed by atoms with Gasteiger partial charge >= 0.3 is 0 Å². The number of allylic oxidation sites excluding steroid dienone is 1. The molecular formula is C14H24O3. The van der Waals surface area contributed by atoms with Crippen molar-refractivity contribution in [3.63, 3.8) is 0 Å². The van der Waals surface area contributed by atoms with E-state index >= 15 is 0 Å². The van der Waals surface area contributed by atoms with Crippen LogP contribution in [0.5, 0.6) is 0 Å². The highest BCUT2D eigenvalue weighted by Gasteiger charge is 2.18. The van der Waals surface area contributed by atoms with E-state index in [2.05, 4.69) is 5.92 Å². The zero-order valence-corrected chi connectivity index (χ0v) is 11.4. The van der Waals surface area contributed by atoms with Gasteiger partial charge in [0.05, 0.1) is 6.10 Å². The lowest BCUT2D eigenvalue weighted by atomic mass is 10.1. The molecule has 0 aliphatic carbocycles. The molecule has 98 valence electrons. The molecule has 0 saturated heterocycles. The standard InChI is InChI=1S/C14H24O3/c1-6-10-12(5)13(15-7-2)11-14(16-8-3)17-9-4/h1,10,13-14H,7-9,11H2,2-5H3/b12-10+. The van der Waals surface area contributed by atoms with E-state index in [0.717, 1.165) is 5.57 Å². The van der Waals surface area contributed by atoms with Crippen LogP contribution in [0.25, 0.3) is 0 Å². The smallest absolute Gasteiger partial charge is 0.160 e. The van der Waals surface area contributed by atoms with Crippen LogP contribution in [-0.4, -0.2) is 32.2 Å². The van der Waals surface area contributed by atoms with Crippen LogP contribution in [0.15, 0.2) is 11.6 Å². The van der Waals surface area contributed by atoms with Crippen molar-refractivity contribution in [2.24, 2.45) is 0 Å². The van der Waals surface area contributed by atoms with E-state index < -0.39 is 0 Å². The van der Waals surface area contributed by atoms with Crippen LogP contribution in [0.3, 0.4) is 0 Å². The van der Waals surface area contributed by atoms with Crippen LogP contribution in [0.2, 0.25) is 0 Å². The minimum absolute atomic E-state index is 0.0425. The fraction of sp³-hybridized carbons (Fsp3) is 0.714. The normalized spacial score (nSPS) is 13.8. The van der Waals surface area contributed by atoms with Gasteiger partial charge in [-0.25, -0.2) is 0 Å². The summed E-state index contributed by atoms with van der Waals surface area (Å²) in [4.78, 5) is 0. The Bertz CT molecular complexity index is 247. The molecule has 0 saturated carbocycles. The second-order valence-corrected chi connectivity index (χ2v) is 3.57. The summed E-state index contributed by atoms with van der Waals surface area (Å²) in [5, 5.41) is 0. The third-order valence-electron chi connectivity index (χ3n) is 2.30. The van der Waals surface area contributed by atoms with Gasteiger partial charge in [0.15, 0.2) is 6.29 Å². The minimum Gasteiger partial charge on any atom is -0.374 e. The Hall–Kier alpha value is -0.820. The number of ether oxygens (including phenoxy) is 3. The maximum absolute atomic E-state index is 5.66. The molecule has 17 heavy (non-hydrogen) atoms. The largest absolute Gasteiger partial charge is 0.374 e. The molecule has 0 fully saturated rings. The first-order chi connectivity index (χ1) is 8.19. The topological polar surface area (TPSA) is 27.7 Å². The van der Waals surface area contributed by atoms with Gasteiger partial charge in [-0.2, -0.15) is 0 Å². The lowest BCUT2D eigenvalue weighted by Gasteiger charge is -2.23. The predicted molar refractivity (Wildman–Crippen MR) is 69.7 cm³/mol. The Morgan fingerprint density at radius 2 is 1.65 bits per heavy atom. The molecule has 0 spiro atoms. The van der Waals surface area contributed by atoms with Gasteiger partial charge in [0.2, 0.25) is 0 Å².